The zero-order chi connectivity index (χ0) is 21.1. The molecule has 0 aliphatic heterocycles. The molecule has 4 aromatic rings. The van der Waals surface area contributed by atoms with Crippen LogP contribution in [0.1, 0.15) is 27.9 Å². The fourth-order valence-electron chi connectivity index (χ4n) is 3.75. The van der Waals surface area contributed by atoms with Crippen molar-refractivity contribution in [2.24, 2.45) is 0 Å². The Bertz CT molecular complexity index is 1190. The maximum atomic E-state index is 12.8. The lowest BCUT2D eigenvalue weighted by molar-refractivity contribution is -0.120. The number of rotatable bonds is 6. The van der Waals surface area contributed by atoms with Crippen LogP contribution < -0.4 is 5.32 Å². The molecule has 0 fully saturated rings. The van der Waals surface area contributed by atoms with Crippen LogP contribution in [0.3, 0.4) is 0 Å². The maximum Gasteiger partial charge on any atom is 0.226 e. The van der Waals surface area contributed by atoms with Gasteiger partial charge in [-0.3, -0.25) is 4.79 Å². The Balaban J connectivity index is 1.61. The van der Waals surface area contributed by atoms with Crippen molar-refractivity contribution in [3.63, 3.8) is 0 Å². The smallest absolute Gasteiger partial charge is 0.226 e. The van der Waals surface area contributed by atoms with Crippen LogP contribution in [0.15, 0.2) is 66.9 Å². The van der Waals surface area contributed by atoms with Crippen molar-refractivity contribution in [1.82, 2.24) is 14.7 Å². The molecule has 4 rings (SSSR count). The zero-order valence-electron chi connectivity index (χ0n) is 17.8. The van der Waals surface area contributed by atoms with E-state index in [2.05, 4.69) is 66.9 Å². The lowest BCUT2D eigenvalue weighted by Gasteiger charge is -2.09. The van der Waals surface area contributed by atoms with E-state index in [-0.39, 0.29) is 5.91 Å². The van der Waals surface area contributed by atoms with Gasteiger partial charge in [0, 0.05) is 18.3 Å². The third-order valence-electron chi connectivity index (χ3n) is 5.63. The van der Waals surface area contributed by atoms with Gasteiger partial charge in [0.25, 0.3) is 0 Å². The summed E-state index contributed by atoms with van der Waals surface area (Å²) < 4.78 is 2.05. The van der Waals surface area contributed by atoms with Crippen molar-refractivity contribution in [2.75, 3.05) is 6.54 Å². The van der Waals surface area contributed by atoms with Crippen LogP contribution in [0.25, 0.3) is 16.9 Å². The van der Waals surface area contributed by atoms with E-state index in [0.717, 1.165) is 34.6 Å². The molecule has 0 bridgehead atoms. The van der Waals surface area contributed by atoms with E-state index >= 15 is 0 Å². The lowest BCUT2D eigenvalue weighted by Crippen LogP contribution is -2.27. The highest BCUT2D eigenvalue weighted by molar-refractivity contribution is 5.82. The van der Waals surface area contributed by atoms with E-state index in [1.54, 1.807) is 0 Å². The van der Waals surface area contributed by atoms with Gasteiger partial charge >= 0.3 is 0 Å². The monoisotopic (exact) mass is 397 g/mol. The van der Waals surface area contributed by atoms with Gasteiger partial charge in [-0.2, -0.15) is 0 Å². The first-order chi connectivity index (χ1) is 14.5. The number of fused-ring (bicyclic) bond motifs is 1. The second-order valence-corrected chi connectivity index (χ2v) is 7.85. The first kappa shape index (κ1) is 19.9. The summed E-state index contributed by atoms with van der Waals surface area (Å²) in [5.41, 5.74) is 8.54. The minimum absolute atomic E-state index is 0.0133. The largest absolute Gasteiger partial charge is 0.355 e. The van der Waals surface area contributed by atoms with Gasteiger partial charge < -0.3 is 9.72 Å². The van der Waals surface area contributed by atoms with Crippen LogP contribution in [-0.4, -0.2) is 21.8 Å². The molecule has 30 heavy (non-hydrogen) atoms. The number of nitrogens with zero attached hydrogens (tertiary/aromatic N) is 2. The number of hydrogen-bond donors (Lipinski definition) is 1. The van der Waals surface area contributed by atoms with Gasteiger partial charge in [-0.1, -0.05) is 48.5 Å². The van der Waals surface area contributed by atoms with Gasteiger partial charge in [-0.25, -0.2) is 4.98 Å². The Hall–Kier alpha value is -3.40. The highest BCUT2D eigenvalue weighted by Crippen LogP contribution is 2.28. The first-order valence-corrected chi connectivity index (χ1v) is 10.4. The van der Waals surface area contributed by atoms with E-state index < -0.39 is 0 Å². The van der Waals surface area contributed by atoms with E-state index in [1.807, 2.05) is 30.5 Å². The van der Waals surface area contributed by atoms with E-state index in [0.29, 0.717) is 13.0 Å². The van der Waals surface area contributed by atoms with E-state index in [9.17, 15) is 4.79 Å². The molecule has 0 radical (unpaired) electrons. The van der Waals surface area contributed by atoms with Crippen LogP contribution >= 0.6 is 0 Å². The molecule has 0 saturated heterocycles. The summed E-state index contributed by atoms with van der Waals surface area (Å²) in [6.07, 6.45) is 3.11. The zero-order valence-corrected chi connectivity index (χ0v) is 17.8. The average molecular weight is 398 g/mol. The summed E-state index contributed by atoms with van der Waals surface area (Å²) in [4.78, 5) is 17.7. The molecular formula is C26H27N3O. The van der Waals surface area contributed by atoms with Crippen molar-refractivity contribution < 1.29 is 4.79 Å². The fraction of sp³-hybridized carbons (Fsp3) is 0.231. The van der Waals surface area contributed by atoms with Crippen LogP contribution in [0.4, 0.5) is 0 Å². The lowest BCUT2D eigenvalue weighted by atomic mass is 10.0. The van der Waals surface area contributed by atoms with Crippen LogP contribution in [0.5, 0.6) is 0 Å². The molecule has 2 heterocycles. The summed E-state index contributed by atoms with van der Waals surface area (Å²) in [6.45, 7) is 6.89. The molecule has 4 nitrogen and oxygen atoms in total. The Morgan fingerprint density at radius 3 is 2.50 bits per heavy atom. The summed E-state index contributed by atoms with van der Waals surface area (Å²) >= 11 is 0. The molecule has 0 spiro atoms. The number of aryl methyl sites for hydroxylation is 3. The van der Waals surface area contributed by atoms with Crippen LogP contribution in [0.2, 0.25) is 0 Å². The predicted molar refractivity (Wildman–Crippen MR) is 122 cm³/mol. The van der Waals surface area contributed by atoms with Crippen molar-refractivity contribution in [1.29, 1.82) is 0 Å². The first-order valence-electron chi connectivity index (χ1n) is 10.4. The number of benzene rings is 2. The maximum absolute atomic E-state index is 12.8. The number of amides is 1. The standard InChI is InChI=1S/C26H27N3O/c1-18-11-12-22(16-20(18)3)25-23(29-15-7-8-19(2)26(29)28-25)17-24(30)27-14-13-21-9-5-4-6-10-21/h4-12,15-16H,13-14,17H2,1-3H3,(H,27,30). The van der Waals surface area contributed by atoms with Gasteiger partial charge in [0.2, 0.25) is 5.91 Å². The van der Waals surface area contributed by atoms with Crippen molar-refractivity contribution >= 4 is 11.6 Å². The second kappa shape index (κ2) is 8.54. The van der Waals surface area contributed by atoms with Gasteiger partial charge in [-0.15, -0.1) is 0 Å². The van der Waals surface area contributed by atoms with Gasteiger partial charge in [0.15, 0.2) is 0 Å². The van der Waals surface area contributed by atoms with Gasteiger partial charge in [0.1, 0.15) is 5.65 Å². The summed E-state index contributed by atoms with van der Waals surface area (Å²) in [5.74, 6) is 0.0133. The Morgan fingerprint density at radius 1 is 0.933 bits per heavy atom. The van der Waals surface area contributed by atoms with Crippen LogP contribution in [0, 0.1) is 20.8 Å². The molecule has 0 aliphatic rings. The molecule has 2 aromatic carbocycles. The fourth-order valence-corrected chi connectivity index (χ4v) is 3.75. The summed E-state index contributed by atoms with van der Waals surface area (Å²) in [5, 5.41) is 3.07. The molecule has 4 heteroatoms. The van der Waals surface area contributed by atoms with Crippen molar-refractivity contribution in [3.8, 4) is 11.3 Å². The van der Waals surface area contributed by atoms with Gasteiger partial charge in [0.05, 0.1) is 17.8 Å². The molecule has 1 N–H and O–H groups in total. The predicted octanol–water partition coefficient (Wildman–Crippen LogP) is 4.83. The third-order valence-corrected chi connectivity index (χ3v) is 5.63. The molecule has 152 valence electrons. The molecule has 1 amide bonds. The minimum Gasteiger partial charge on any atom is -0.355 e. The van der Waals surface area contributed by atoms with Crippen molar-refractivity contribution in [2.45, 2.75) is 33.6 Å². The third kappa shape index (κ3) is 4.13. The Morgan fingerprint density at radius 2 is 1.73 bits per heavy atom. The summed E-state index contributed by atoms with van der Waals surface area (Å²) in [7, 11) is 0. The quantitative estimate of drug-likeness (QED) is 0.507. The average Bonchev–Trinajstić information content (AvgIpc) is 3.10. The second-order valence-electron chi connectivity index (χ2n) is 7.85. The molecule has 0 aliphatic carbocycles. The normalized spacial score (nSPS) is 11.0. The number of aromatic nitrogens is 2. The SMILES string of the molecule is Cc1ccc(-c2nc3c(C)cccn3c2CC(=O)NCCc2ccccc2)cc1C. The Kier molecular flexibility index (Phi) is 5.66. The molecule has 2 aromatic heterocycles. The Labute approximate surface area is 177 Å². The number of imidazole rings is 1. The van der Waals surface area contributed by atoms with Crippen LogP contribution in [-0.2, 0) is 17.6 Å². The number of hydrogen-bond acceptors (Lipinski definition) is 2. The molecule has 0 atom stereocenters. The minimum atomic E-state index is 0.0133. The highest BCUT2D eigenvalue weighted by atomic mass is 16.1. The summed E-state index contributed by atoms with van der Waals surface area (Å²) in [6, 6.07) is 20.6. The number of carbonyl (C=O) groups is 1. The highest BCUT2D eigenvalue weighted by Gasteiger charge is 2.18. The van der Waals surface area contributed by atoms with Crippen molar-refractivity contribution in [3.05, 3.63) is 94.8 Å². The molecular weight excluding hydrogens is 370 g/mol. The van der Waals surface area contributed by atoms with E-state index in [1.165, 1.54) is 16.7 Å². The number of pyridine rings is 1. The van der Waals surface area contributed by atoms with Gasteiger partial charge in [-0.05, 0) is 61.6 Å². The number of nitrogens with one attached hydrogen (secondary N) is 1. The number of carbonyl (C=O) groups excluding carboxylic acids is 1. The molecule has 0 unspecified atom stereocenters. The van der Waals surface area contributed by atoms with E-state index in [4.69, 9.17) is 4.98 Å². The molecule has 0 saturated carbocycles. The topological polar surface area (TPSA) is 46.4 Å².